The number of aliphatic imine (C=N–C) groups is 1. The first kappa shape index (κ1) is 12.3. The van der Waals surface area contributed by atoms with Gasteiger partial charge in [0.15, 0.2) is 0 Å². The zero-order chi connectivity index (χ0) is 8.24. The average molecular weight is 308 g/mol. The van der Waals surface area contributed by atoms with Gasteiger partial charge in [0, 0.05) is 0 Å². The van der Waals surface area contributed by atoms with Gasteiger partial charge in [-0.2, -0.15) is 0 Å². The van der Waals surface area contributed by atoms with Crippen LogP contribution >= 0.6 is 0 Å². The van der Waals surface area contributed by atoms with E-state index in [0.717, 1.165) is 0 Å². The predicted octanol–water partition coefficient (Wildman–Crippen LogP) is 1.02. The van der Waals surface area contributed by atoms with E-state index >= 15 is 0 Å². The molecule has 0 saturated heterocycles. The Labute approximate surface area is 72.5 Å². The van der Waals surface area contributed by atoms with Gasteiger partial charge in [0.2, 0.25) is 0 Å². The van der Waals surface area contributed by atoms with E-state index < -0.39 is 0 Å². The Kier molecular flexibility index (Phi) is 19.5. The minimum absolute atomic E-state index is 0.521. The molecule has 0 fully saturated rings. The Morgan fingerprint density at radius 3 is 2.50 bits per heavy atom. The monoisotopic (exact) mass is 308 g/mol. The third kappa shape index (κ3) is 15.6. The van der Waals surface area contributed by atoms with Crippen LogP contribution in [0.3, 0.4) is 0 Å². The molecule has 0 bridgehead atoms. The Morgan fingerprint density at radius 2 is 2.10 bits per heavy atom. The maximum absolute atomic E-state index is 9.52. The molecule has 2 nitrogen and oxygen atoms in total. The van der Waals surface area contributed by atoms with Gasteiger partial charge in [0.25, 0.3) is 0 Å². The number of hydrogen-bond acceptors (Lipinski definition) is 2. The van der Waals surface area contributed by atoms with Crippen LogP contribution in [-0.4, -0.2) is 16.9 Å². The molecule has 0 atom stereocenters. The molecule has 56 valence electrons. The molecule has 0 radical (unpaired) electrons. The van der Waals surface area contributed by atoms with Crippen LogP contribution in [0.1, 0.15) is 13.8 Å². The Balaban J connectivity index is 0. The van der Waals surface area contributed by atoms with Crippen molar-refractivity contribution in [3.05, 3.63) is 12.3 Å². The number of nitrogens with zero attached hydrogens (tertiary/aromatic N) is 1. The van der Waals surface area contributed by atoms with Crippen LogP contribution in [0.4, 0.5) is 0 Å². The normalized spacial score (nSPS) is 9.00. The van der Waals surface area contributed by atoms with E-state index in [4.69, 9.17) is 0 Å². The minimum atomic E-state index is 0.521. The third-order valence-corrected chi connectivity index (χ3v) is 0.931. The van der Waals surface area contributed by atoms with Crippen LogP contribution in [0.2, 0.25) is 0 Å². The van der Waals surface area contributed by atoms with E-state index in [1.54, 1.807) is 6.08 Å². The second-order valence-corrected chi connectivity index (χ2v) is 1.83. The van der Waals surface area contributed by atoms with Crippen LogP contribution in [0.15, 0.2) is 17.3 Å². The van der Waals surface area contributed by atoms with Crippen molar-refractivity contribution in [1.82, 2.24) is 0 Å². The van der Waals surface area contributed by atoms with Crippen LogP contribution in [0.25, 0.3) is 0 Å². The summed E-state index contributed by atoms with van der Waals surface area (Å²) in [6.45, 7) is 4.00. The van der Waals surface area contributed by atoms with Gasteiger partial charge in [-0.05, 0) is 0 Å². The quantitative estimate of drug-likeness (QED) is 0.435. The summed E-state index contributed by atoms with van der Waals surface area (Å²) in [4.78, 5) is 13.0. The molecule has 0 aliphatic carbocycles. The molecule has 0 spiro atoms. The number of carbonyl (C=O) groups is 1. The standard InChI is InChI=1S/C5H4NO.C2H6.W/c1-2-3-6-4-5-7;1-2;/h1-3,5H;1-2H3;/q-1;;. The molecule has 10 heavy (non-hydrogen) atoms. The van der Waals surface area contributed by atoms with Gasteiger partial charge in [0.05, 0.1) is 0 Å². The molecule has 0 aliphatic heterocycles. The second-order valence-electron chi connectivity index (χ2n) is 0.854. The van der Waals surface area contributed by atoms with E-state index in [1.165, 1.54) is 25.6 Å². The van der Waals surface area contributed by atoms with Crippen molar-refractivity contribution in [3.8, 4) is 0 Å². The number of aldehydes is 1. The number of carbonyl (C=O) groups excluding carboxylic acids is 1. The van der Waals surface area contributed by atoms with Crippen LogP contribution in [-0.2, 0) is 24.1 Å². The molecule has 3 heteroatoms. The van der Waals surface area contributed by atoms with Crippen molar-refractivity contribution >= 4 is 16.9 Å². The fourth-order valence-corrected chi connectivity index (χ4v) is 0.404. The Morgan fingerprint density at radius 1 is 1.50 bits per heavy atom. The first-order chi connectivity index (χ1) is 4.91. The van der Waals surface area contributed by atoms with Gasteiger partial charge in [-0.25, -0.2) is 0 Å². The van der Waals surface area contributed by atoms with E-state index in [1.807, 2.05) is 18.2 Å². The molecule has 0 aliphatic rings. The van der Waals surface area contributed by atoms with Crippen LogP contribution in [0, 0.1) is 0 Å². The van der Waals surface area contributed by atoms with Crippen molar-refractivity contribution < 1.29 is 24.1 Å². The predicted molar refractivity (Wildman–Crippen MR) is 40.1 cm³/mol. The van der Waals surface area contributed by atoms with E-state index in [0.29, 0.717) is 6.29 Å². The summed E-state index contributed by atoms with van der Waals surface area (Å²) < 4.78 is 1.90. The first-order valence-corrected chi connectivity index (χ1v) is 4.60. The van der Waals surface area contributed by atoms with Gasteiger partial charge < -0.3 is 0 Å². The summed E-state index contributed by atoms with van der Waals surface area (Å²) in [5.74, 6) is 0. The molecule has 0 aromatic carbocycles. The maximum atomic E-state index is 9.52. The molecule has 0 saturated carbocycles. The van der Waals surface area contributed by atoms with Gasteiger partial charge in [-0.1, -0.05) is 13.8 Å². The topological polar surface area (TPSA) is 29.4 Å². The molecule has 0 aromatic heterocycles. The Hall–Kier alpha value is -0.362. The summed E-state index contributed by atoms with van der Waals surface area (Å²) in [6, 6.07) is 0. The van der Waals surface area contributed by atoms with Crippen molar-refractivity contribution in [3.63, 3.8) is 0 Å². The molecule has 0 rings (SSSR count). The average Bonchev–Trinajstić information content (AvgIpc) is 2.02. The Bertz CT molecular complexity index is 114. The molecule has 0 N–H and O–H groups in total. The summed E-state index contributed by atoms with van der Waals surface area (Å²) in [5, 5.41) is 0. The fourth-order valence-electron chi connectivity index (χ4n) is 0.152. The summed E-state index contributed by atoms with van der Waals surface area (Å²) >= 11 is 1.36. The van der Waals surface area contributed by atoms with Crippen LogP contribution < -0.4 is 0 Å². The second kappa shape index (κ2) is 15.9. The molecule has 0 heterocycles. The number of rotatable bonds is 3. The fraction of sp³-hybridized carbons (Fsp3) is 0.286. The van der Waals surface area contributed by atoms with Crippen molar-refractivity contribution in [2.24, 2.45) is 4.99 Å². The molecular formula is C7H10NOW-. The molecule has 0 amide bonds. The summed E-state index contributed by atoms with van der Waals surface area (Å²) in [6.07, 6.45) is 5.92. The van der Waals surface area contributed by atoms with Crippen molar-refractivity contribution in [2.45, 2.75) is 13.8 Å². The van der Waals surface area contributed by atoms with Gasteiger partial charge >= 0.3 is 58.3 Å². The zero-order valence-corrected chi connectivity index (χ0v) is 9.01. The van der Waals surface area contributed by atoms with E-state index in [9.17, 15) is 4.79 Å². The van der Waals surface area contributed by atoms with Gasteiger partial charge in [-0.15, -0.1) is 0 Å². The van der Waals surface area contributed by atoms with E-state index in [-0.39, 0.29) is 0 Å². The first-order valence-electron chi connectivity index (χ1n) is 2.91. The van der Waals surface area contributed by atoms with E-state index in [2.05, 4.69) is 11.2 Å². The van der Waals surface area contributed by atoms with Crippen molar-refractivity contribution in [1.29, 1.82) is 0 Å². The number of allylic oxidation sites excluding steroid dienone is 1. The molecular weight excluding hydrogens is 298 g/mol. The SMILES string of the molecule is CC.O=C[C-]=NC=C[CH]=[W]. The number of hydrogen-bond donors (Lipinski definition) is 0. The van der Waals surface area contributed by atoms with Crippen LogP contribution in [0.5, 0.6) is 0 Å². The summed E-state index contributed by atoms with van der Waals surface area (Å²) in [7, 11) is 0. The third-order valence-electron chi connectivity index (χ3n) is 0.366. The zero-order valence-electron chi connectivity index (χ0n) is 6.07. The summed E-state index contributed by atoms with van der Waals surface area (Å²) in [5.41, 5.74) is 0. The van der Waals surface area contributed by atoms with Gasteiger partial charge in [0.1, 0.15) is 0 Å². The van der Waals surface area contributed by atoms with Gasteiger partial charge in [-0.3, -0.25) is 0 Å². The molecule has 0 unspecified atom stereocenters. The molecule has 0 aromatic rings. The van der Waals surface area contributed by atoms with Crippen molar-refractivity contribution in [2.75, 3.05) is 0 Å².